The first-order valence-electron chi connectivity index (χ1n) is 13.3. The molecule has 3 heterocycles. The zero-order valence-corrected chi connectivity index (χ0v) is 23.8. The molecule has 3 aromatic rings. The van der Waals surface area contributed by atoms with Crippen LogP contribution in [0.4, 0.5) is 5.82 Å². The Kier molecular flexibility index (Phi) is 9.13. The normalized spacial score (nSPS) is 24.7. The predicted molar refractivity (Wildman–Crippen MR) is 147 cm³/mol. The molecular weight excluding hydrogens is 597 g/mol. The van der Waals surface area contributed by atoms with E-state index in [0.29, 0.717) is 11.2 Å². The van der Waals surface area contributed by atoms with Gasteiger partial charge in [-0.05, 0) is 42.5 Å². The maximum absolute atomic E-state index is 12.2. The Bertz CT molecular complexity index is 1480. The van der Waals surface area contributed by atoms with Crippen molar-refractivity contribution in [1.29, 1.82) is 0 Å². The molecule has 1 saturated carbocycles. The number of aliphatic hydroxyl groups excluding tert-OH is 3. The first-order chi connectivity index (χ1) is 19.9. The van der Waals surface area contributed by atoms with Gasteiger partial charge in [-0.25, -0.2) is 9.48 Å². The Morgan fingerprint density at radius 1 is 1.19 bits per heavy atom. The summed E-state index contributed by atoms with van der Waals surface area (Å²) in [5.74, 6) is -0.820. The lowest BCUT2D eigenvalue weighted by molar-refractivity contribution is -0.145. The van der Waals surface area contributed by atoms with Crippen LogP contribution in [0.3, 0.4) is 0 Å². The lowest BCUT2D eigenvalue weighted by Gasteiger charge is -2.26. The second-order valence-corrected chi connectivity index (χ2v) is 12.6. The van der Waals surface area contributed by atoms with Crippen LogP contribution in [0.5, 0.6) is 0 Å². The summed E-state index contributed by atoms with van der Waals surface area (Å²) in [6.07, 6.45) is -2.46. The van der Waals surface area contributed by atoms with Gasteiger partial charge >= 0.3 is 13.6 Å². The number of rotatable bonds is 11. The van der Waals surface area contributed by atoms with Gasteiger partial charge in [0.2, 0.25) is 5.28 Å². The van der Waals surface area contributed by atoms with Crippen molar-refractivity contribution < 1.29 is 49.0 Å². The zero-order chi connectivity index (χ0) is 30.2. The molecular formula is C25H31ClN5O10P. The number of halogens is 1. The first-order valence-corrected chi connectivity index (χ1v) is 15.3. The number of aromatic nitrogens is 4. The van der Waals surface area contributed by atoms with Gasteiger partial charge in [0, 0.05) is 6.04 Å². The van der Waals surface area contributed by atoms with Gasteiger partial charge in [0.1, 0.15) is 29.8 Å². The van der Waals surface area contributed by atoms with Crippen LogP contribution in [0, 0.1) is 0 Å². The number of carbonyl (C=O) groups is 1. The van der Waals surface area contributed by atoms with Crippen molar-refractivity contribution in [2.75, 3.05) is 11.9 Å². The van der Waals surface area contributed by atoms with E-state index in [0.717, 1.165) is 25.7 Å². The zero-order valence-electron chi connectivity index (χ0n) is 22.1. The molecule has 1 saturated heterocycles. The predicted octanol–water partition coefficient (Wildman–Crippen LogP) is 1.28. The monoisotopic (exact) mass is 627 g/mol. The summed E-state index contributed by atoms with van der Waals surface area (Å²) in [5.41, 5.74) is -1.67. The summed E-state index contributed by atoms with van der Waals surface area (Å²) in [6, 6.07) is 5.84. The Balaban J connectivity index is 1.30. The lowest BCUT2D eigenvalue weighted by atomic mass is 10.0. The molecule has 2 aliphatic rings. The molecule has 5 rings (SSSR count). The number of ether oxygens (including phenoxy) is 2. The third kappa shape index (κ3) is 6.44. The minimum absolute atomic E-state index is 0.0614. The summed E-state index contributed by atoms with van der Waals surface area (Å²) in [5, 5.41) is 49.6. The molecule has 0 bridgehead atoms. The van der Waals surface area contributed by atoms with E-state index in [2.05, 4.69) is 20.4 Å². The van der Waals surface area contributed by atoms with Crippen LogP contribution in [0.2, 0.25) is 5.28 Å². The van der Waals surface area contributed by atoms with E-state index in [4.69, 9.17) is 21.1 Å². The number of fused-ring (bicyclic) bond motifs is 1. The van der Waals surface area contributed by atoms with Crippen molar-refractivity contribution in [3.05, 3.63) is 46.9 Å². The second-order valence-electron chi connectivity index (χ2n) is 10.4. The minimum Gasteiger partial charge on any atom is -0.478 e. The molecule has 1 aromatic carbocycles. The fraction of sp³-hybridized carbons (Fsp3) is 0.520. The molecule has 0 radical (unpaired) electrons. The van der Waals surface area contributed by atoms with Crippen LogP contribution in [0.25, 0.3) is 11.0 Å². The maximum atomic E-state index is 12.2. The molecule has 2 aromatic heterocycles. The molecule has 7 N–H and O–H groups in total. The quantitative estimate of drug-likeness (QED) is 0.0902. The van der Waals surface area contributed by atoms with Crippen LogP contribution >= 0.6 is 19.2 Å². The average Bonchev–Trinajstić information content (AvgIpc) is 3.66. The second kappa shape index (κ2) is 12.5. The highest BCUT2D eigenvalue weighted by Gasteiger charge is 2.46. The number of carboxylic acids is 1. The van der Waals surface area contributed by atoms with Crippen LogP contribution in [-0.4, -0.2) is 98.8 Å². The summed E-state index contributed by atoms with van der Waals surface area (Å²) < 4.78 is 24.6. The van der Waals surface area contributed by atoms with Gasteiger partial charge < -0.3 is 45.0 Å². The highest BCUT2D eigenvalue weighted by atomic mass is 35.5. The molecule has 15 nitrogen and oxygen atoms in total. The topological polar surface area (TPSA) is 230 Å². The number of carboxylic acid groups (broad SMARTS) is 1. The Hall–Kier alpha value is -2.72. The number of nitrogens with one attached hydrogen (secondary N) is 1. The number of hydrogen-bond acceptors (Lipinski definition) is 11. The van der Waals surface area contributed by atoms with E-state index >= 15 is 0 Å². The van der Waals surface area contributed by atoms with E-state index in [1.54, 1.807) is 0 Å². The summed E-state index contributed by atoms with van der Waals surface area (Å²) in [4.78, 5) is 39.8. The van der Waals surface area contributed by atoms with Crippen molar-refractivity contribution >= 4 is 42.0 Å². The highest BCUT2D eigenvalue weighted by molar-refractivity contribution is 7.52. The van der Waals surface area contributed by atoms with Crippen LogP contribution < -0.4 is 5.32 Å². The number of hydrogen-bond donors (Lipinski definition) is 7. The van der Waals surface area contributed by atoms with Crippen molar-refractivity contribution in [2.45, 2.75) is 74.6 Å². The smallest absolute Gasteiger partial charge is 0.335 e. The molecule has 1 aliphatic heterocycles. The molecule has 42 heavy (non-hydrogen) atoms. The summed E-state index contributed by atoms with van der Waals surface area (Å²) >= 11 is 6.17. The average molecular weight is 628 g/mol. The maximum Gasteiger partial charge on any atom is 0.335 e. The van der Waals surface area contributed by atoms with Gasteiger partial charge in [0.15, 0.2) is 18.2 Å². The standard InChI is InChI=1S/C25H31ClN5O10P/c26-25-29-20(28-13-6-2-3-7-13)15-10-27-31(21(15)30-25)22-19(33)18(32)16(41-22)11-40-24(36)17(42(37,38)39)9-12-5-1-4-8-14(12)23(34)35/h1,4-5,8,10,13,16-19,22,24,32-33,36H,2-3,6-7,9,11H2,(H,34,35)(H,28,29,30)(H2,37,38,39)/t16-,17?,18-,19-,22-,24?/m1/s1. The first kappa shape index (κ1) is 30.7. The van der Waals surface area contributed by atoms with E-state index in [-0.39, 0.29) is 28.1 Å². The minimum atomic E-state index is -5.00. The van der Waals surface area contributed by atoms with E-state index in [1.807, 2.05) is 0 Å². The fourth-order valence-electron chi connectivity index (χ4n) is 5.35. The Morgan fingerprint density at radius 3 is 2.60 bits per heavy atom. The highest BCUT2D eigenvalue weighted by Crippen LogP contribution is 2.45. The Morgan fingerprint density at radius 2 is 1.90 bits per heavy atom. The van der Waals surface area contributed by atoms with Crippen molar-refractivity contribution in [3.8, 4) is 0 Å². The number of nitrogens with zero attached hydrogens (tertiary/aromatic N) is 4. The largest absolute Gasteiger partial charge is 0.478 e. The molecule has 6 atom stereocenters. The van der Waals surface area contributed by atoms with E-state index in [9.17, 15) is 39.6 Å². The molecule has 17 heteroatoms. The van der Waals surface area contributed by atoms with Gasteiger partial charge in [-0.1, -0.05) is 31.0 Å². The molecule has 2 unspecified atom stereocenters. The van der Waals surface area contributed by atoms with Gasteiger partial charge in [0.05, 0.1) is 23.8 Å². The van der Waals surface area contributed by atoms with Crippen molar-refractivity contribution in [1.82, 2.24) is 19.7 Å². The number of aromatic carboxylic acids is 1. The van der Waals surface area contributed by atoms with Gasteiger partial charge in [-0.15, -0.1) is 0 Å². The lowest BCUT2D eigenvalue weighted by Crippen LogP contribution is -2.38. The molecule has 1 aliphatic carbocycles. The van der Waals surface area contributed by atoms with Gasteiger partial charge in [0.25, 0.3) is 0 Å². The molecule has 2 fully saturated rings. The van der Waals surface area contributed by atoms with Gasteiger partial charge in [-0.3, -0.25) is 4.57 Å². The molecule has 0 amide bonds. The van der Waals surface area contributed by atoms with Crippen molar-refractivity contribution in [2.24, 2.45) is 0 Å². The number of aliphatic hydroxyl groups is 3. The number of benzene rings is 1. The van der Waals surface area contributed by atoms with Crippen LogP contribution in [0.1, 0.15) is 47.8 Å². The summed E-state index contributed by atoms with van der Waals surface area (Å²) in [6.45, 7) is -0.573. The third-order valence-corrected chi connectivity index (χ3v) is 9.04. The fourth-order valence-corrected chi connectivity index (χ4v) is 6.37. The van der Waals surface area contributed by atoms with Gasteiger partial charge in [-0.2, -0.15) is 15.1 Å². The summed E-state index contributed by atoms with van der Waals surface area (Å²) in [7, 11) is -5.00. The SMILES string of the molecule is O=C(O)c1ccccc1CC(C(O)OC[C@H]1O[C@@H](n2ncc3c(NC4CCCC4)nc(Cl)nc32)[C@H](O)[C@@H]1O)P(=O)(O)O. The van der Waals surface area contributed by atoms with Crippen LogP contribution in [0.15, 0.2) is 30.5 Å². The van der Waals surface area contributed by atoms with E-state index < -0.39 is 63.1 Å². The van der Waals surface area contributed by atoms with Crippen LogP contribution in [-0.2, 0) is 20.5 Å². The van der Waals surface area contributed by atoms with E-state index in [1.165, 1.54) is 35.1 Å². The van der Waals surface area contributed by atoms with Crippen molar-refractivity contribution in [3.63, 3.8) is 0 Å². The molecule has 228 valence electrons. The Labute approximate surface area is 244 Å². The molecule has 0 spiro atoms. The third-order valence-electron chi connectivity index (χ3n) is 7.57. The number of anilines is 1.